The summed E-state index contributed by atoms with van der Waals surface area (Å²) in [7, 11) is 0. The molecule has 0 amide bonds. The van der Waals surface area contributed by atoms with Crippen LogP contribution in [0.25, 0.3) is 0 Å². The van der Waals surface area contributed by atoms with Crippen molar-refractivity contribution in [3.63, 3.8) is 0 Å². The third-order valence-corrected chi connectivity index (χ3v) is 4.60. The molecule has 0 spiro atoms. The van der Waals surface area contributed by atoms with Gasteiger partial charge in [0.15, 0.2) is 0 Å². The predicted octanol–water partition coefficient (Wildman–Crippen LogP) is 4.01. The van der Waals surface area contributed by atoms with E-state index in [1.165, 1.54) is 36.5 Å². The predicted molar refractivity (Wildman–Crippen MR) is 93.2 cm³/mol. The van der Waals surface area contributed by atoms with Crippen molar-refractivity contribution in [3.05, 3.63) is 34.8 Å². The minimum Gasteiger partial charge on any atom is -0.490 e. The van der Waals surface area contributed by atoms with Crippen molar-refractivity contribution < 1.29 is 17.9 Å². The van der Waals surface area contributed by atoms with Crippen LogP contribution in [0.3, 0.4) is 0 Å². The summed E-state index contributed by atoms with van der Waals surface area (Å²) in [6.07, 6.45) is -3.56. The molecule has 0 unspecified atom stereocenters. The van der Waals surface area contributed by atoms with Crippen LogP contribution in [0.2, 0.25) is 0 Å². The lowest BCUT2D eigenvalue weighted by Gasteiger charge is -2.32. The first-order chi connectivity index (χ1) is 12.9. The summed E-state index contributed by atoms with van der Waals surface area (Å²) < 4.78 is 44.6. The highest BCUT2D eigenvalue weighted by atomic mass is 32.1. The summed E-state index contributed by atoms with van der Waals surface area (Å²) in [5, 5.41) is 24.7. The number of hydrogen-bond acceptors (Lipinski definition) is 7. The Balaban J connectivity index is 0.000000817. The van der Waals surface area contributed by atoms with E-state index < -0.39 is 11.7 Å². The number of benzene rings is 1. The molecule has 0 atom stereocenters. The first-order valence-electron chi connectivity index (χ1n) is 8.01. The van der Waals surface area contributed by atoms with Crippen molar-refractivity contribution in [1.82, 2.24) is 10.2 Å². The molecule has 142 valence electrons. The zero-order chi connectivity index (χ0) is 19.9. The van der Waals surface area contributed by atoms with Crippen LogP contribution in [0, 0.1) is 22.7 Å². The Hall–Kier alpha value is -2.85. The molecule has 1 fully saturated rings. The van der Waals surface area contributed by atoms with Crippen LogP contribution < -0.4 is 9.64 Å². The highest BCUT2D eigenvalue weighted by Gasteiger charge is 2.35. The van der Waals surface area contributed by atoms with Crippen LogP contribution in [0.4, 0.5) is 18.3 Å². The monoisotopic (exact) mass is 395 g/mol. The average Bonchev–Trinajstić information content (AvgIpc) is 3.12. The van der Waals surface area contributed by atoms with Gasteiger partial charge in [-0.25, -0.2) is 0 Å². The molecule has 6 nitrogen and oxygen atoms in total. The molecule has 1 aliphatic rings. The molecule has 0 saturated carbocycles. The minimum absolute atomic E-state index is 0.133. The van der Waals surface area contributed by atoms with Gasteiger partial charge in [0.25, 0.3) is 0 Å². The van der Waals surface area contributed by atoms with Gasteiger partial charge in [-0.15, -0.1) is 10.2 Å². The Bertz CT molecular complexity index is 832. The summed E-state index contributed by atoms with van der Waals surface area (Å²) in [6.45, 7) is 2.62. The van der Waals surface area contributed by atoms with Gasteiger partial charge in [-0.3, -0.25) is 0 Å². The highest BCUT2D eigenvalue weighted by molar-refractivity contribution is 7.15. The lowest BCUT2D eigenvalue weighted by atomic mass is 10.1. The Morgan fingerprint density at radius 2 is 1.81 bits per heavy atom. The number of alkyl halides is 3. The number of nitrogens with zero attached hydrogens (tertiary/aromatic N) is 5. The molecule has 1 aromatic carbocycles. The second-order valence-corrected chi connectivity index (χ2v) is 6.48. The first-order valence-corrected chi connectivity index (χ1v) is 8.83. The van der Waals surface area contributed by atoms with Crippen molar-refractivity contribution in [3.8, 4) is 17.9 Å². The molecule has 0 aliphatic carbocycles. The molecular weight excluding hydrogens is 379 g/mol. The fourth-order valence-electron chi connectivity index (χ4n) is 2.54. The third kappa shape index (κ3) is 5.56. The molecule has 1 aliphatic heterocycles. The lowest BCUT2D eigenvalue weighted by Crippen LogP contribution is -2.38. The summed E-state index contributed by atoms with van der Waals surface area (Å²) in [6, 6.07) is 8.93. The molecule has 3 rings (SSSR count). The van der Waals surface area contributed by atoms with Crippen molar-refractivity contribution in [2.45, 2.75) is 32.0 Å². The summed E-state index contributed by atoms with van der Waals surface area (Å²) in [4.78, 5) is 1.97. The largest absolute Gasteiger partial charge is 0.490 e. The Morgan fingerprint density at radius 3 is 2.37 bits per heavy atom. The van der Waals surface area contributed by atoms with Gasteiger partial charge in [0, 0.05) is 32.9 Å². The smallest absolute Gasteiger partial charge is 0.419 e. The molecule has 2 heterocycles. The molecule has 0 bridgehead atoms. The van der Waals surface area contributed by atoms with Crippen molar-refractivity contribution in [2.24, 2.45) is 0 Å². The van der Waals surface area contributed by atoms with Crippen LogP contribution in [0.5, 0.6) is 5.75 Å². The van der Waals surface area contributed by atoms with Crippen LogP contribution in [0.15, 0.2) is 24.3 Å². The van der Waals surface area contributed by atoms with Gasteiger partial charge < -0.3 is 9.64 Å². The van der Waals surface area contributed by atoms with Crippen molar-refractivity contribution in [2.75, 3.05) is 18.0 Å². The number of nitriles is 2. The second kappa shape index (κ2) is 9.19. The van der Waals surface area contributed by atoms with E-state index in [4.69, 9.17) is 15.3 Å². The van der Waals surface area contributed by atoms with E-state index >= 15 is 0 Å². The molecule has 0 N–H and O–H groups in total. The minimum atomic E-state index is -4.43. The van der Waals surface area contributed by atoms with E-state index in [1.54, 1.807) is 6.07 Å². The zero-order valence-corrected chi connectivity index (χ0v) is 15.2. The number of para-hydroxylation sites is 1. The second-order valence-electron chi connectivity index (χ2n) is 5.52. The first kappa shape index (κ1) is 20.5. The van der Waals surface area contributed by atoms with E-state index in [2.05, 4.69) is 10.2 Å². The van der Waals surface area contributed by atoms with Crippen molar-refractivity contribution >= 4 is 16.5 Å². The molecule has 1 saturated heterocycles. The van der Waals surface area contributed by atoms with Gasteiger partial charge in [-0.05, 0) is 12.1 Å². The van der Waals surface area contributed by atoms with Crippen LogP contribution >= 0.6 is 11.3 Å². The van der Waals surface area contributed by atoms with Gasteiger partial charge in [0.2, 0.25) is 10.1 Å². The fraction of sp³-hybridized carbons (Fsp3) is 0.412. The summed E-state index contributed by atoms with van der Waals surface area (Å²) >= 11 is 1.20. The lowest BCUT2D eigenvalue weighted by molar-refractivity contribution is -0.139. The Labute approximate surface area is 158 Å². The average molecular weight is 395 g/mol. The number of halogens is 3. The fourth-order valence-corrected chi connectivity index (χ4v) is 3.23. The van der Waals surface area contributed by atoms with E-state index in [1.807, 2.05) is 11.0 Å². The number of aromatic nitrogens is 2. The van der Waals surface area contributed by atoms with Gasteiger partial charge in [-0.1, -0.05) is 23.5 Å². The standard InChI is InChI=1S/C15H13F3N4OS.C2H3N/c16-15(17,18)11-3-1-2-4-12(11)23-10-5-7-22(8-6-10)14-21-20-13(9-19)24-14;1-2-3/h1-4,10H,5-8H2;1H3. The van der Waals surface area contributed by atoms with Gasteiger partial charge >= 0.3 is 6.18 Å². The number of ether oxygens (including phenoxy) is 1. The van der Waals surface area contributed by atoms with E-state index in [-0.39, 0.29) is 11.9 Å². The topological polar surface area (TPSA) is 85.8 Å². The van der Waals surface area contributed by atoms with E-state index in [0.717, 1.165) is 6.07 Å². The Kier molecular flexibility index (Phi) is 6.97. The van der Waals surface area contributed by atoms with Crippen LogP contribution in [0.1, 0.15) is 30.3 Å². The van der Waals surface area contributed by atoms with Crippen LogP contribution in [-0.4, -0.2) is 29.4 Å². The maximum Gasteiger partial charge on any atom is 0.419 e. The number of piperidine rings is 1. The number of rotatable bonds is 3. The summed E-state index contributed by atoms with van der Waals surface area (Å²) in [5.41, 5.74) is -0.754. The molecule has 2 aromatic rings. The van der Waals surface area contributed by atoms with Crippen molar-refractivity contribution in [1.29, 1.82) is 10.5 Å². The molecular formula is C17H16F3N5OS. The molecule has 27 heavy (non-hydrogen) atoms. The quantitative estimate of drug-likeness (QED) is 0.781. The van der Waals surface area contributed by atoms with Gasteiger partial charge in [0.05, 0.1) is 11.6 Å². The third-order valence-electron chi connectivity index (χ3n) is 3.71. The van der Waals surface area contributed by atoms with E-state index in [9.17, 15) is 13.2 Å². The number of hydrogen-bond donors (Lipinski definition) is 0. The maximum atomic E-state index is 13.0. The number of anilines is 1. The normalized spacial score (nSPS) is 14.5. The van der Waals surface area contributed by atoms with Crippen LogP contribution in [-0.2, 0) is 6.18 Å². The molecule has 1 aromatic heterocycles. The summed E-state index contributed by atoms with van der Waals surface area (Å²) in [5.74, 6) is -0.133. The maximum absolute atomic E-state index is 13.0. The highest BCUT2D eigenvalue weighted by Crippen LogP contribution is 2.37. The Morgan fingerprint density at radius 1 is 1.19 bits per heavy atom. The van der Waals surface area contributed by atoms with Gasteiger partial charge in [0.1, 0.15) is 17.9 Å². The zero-order valence-electron chi connectivity index (χ0n) is 14.4. The molecule has 0 radical (unpaired) electrons. The van der Waals surface area contributed by atoms with E-state index in [0.29, 0.717) is 36.1 Å². The van der Waals surface area contributed by atoms with Gasteiger partial charge in [-0.2, -0.15) is 23.7 Å². The molecule has 10 heteroatoms. The SMILES string of the molecule is CC#N.N#Cc1nnc(N2CCC(Oc3ccccc3C(F)(F)F)CC2)s1.